The molecule has 2 heterocycles. The number of hydrogen-bond donors (Lipinski definition) is 0. The van der Waals surface area contributed by atoms with E-state index in [1.807, 2.05) is 0 Å². The lowest BCUT2D eigenvalue weighted by Gasteiger charge is -2.09. The Morgan fingerprint density at radius 1 is 1.44 bits per heavy atom. The van der Waals surface area contributed by atoms with Crippen molar-refractivity contribution in [1.82, 2.24) is 4.90 Å². The normalized spacial score (nSPS) is 47.0. The fourth-order valence-electron chi connectivity index (χ4n) is 2.09. The lowest BCUT2D eigenvalue weighted by atomic mass is 10.1. The molecule has 3 atom stereocenters. The molecule has 0 aromatic carbocycles. The van der Waals surface area contributed by atoms with Crippen molar-refractivity contribution >= 4 is 0 Å². The Morgan fingerprint density at radius 2 is 2.33 bits per heavy atom. The van der Waals surface area contributed by atoms with Crippen LogP contribution in [-0.2, 0) is 0 Å². The molecule has 0 amide bonds. The lowest BCUT2D eigenvalue weighted by molar-refractivity contribution is 0.395. The fraction of sp³-hybridized carbons (Fsp3) is 1.00. The second-order valence-corrected chi connectivity index (χ2v) is 3.37. The number of fused-ring (bicyclic) bond motifs is 1. The molecule has 2 aliphatic rings. The maximum atomic E-state index is 2.66. The van der Waals surface area contributed by atoms with Crippen LogP contribution in [0.4, 0.5) is 0 Å². The second-order valence-electron chi connectivity index (χ2n) is 3.37. The van der Waals surface area contributed by atoms with Crippen LogP contribution < -0.4 is 0 Å². The Hall–Kier alpha value is -0.0400. The molecular formula is C8H15N. The van der Waals surface area contributed by atoms with Gasteiger partial charge in [0.2, 0.25) is 0 Å². The van der Waals surface area contributed by atoms with E-state index < -0.39 is 0 Å². The van der Waals surface area contributed by atoms with Gasteiger partial charge in [-0.15, -0.1) is 0 Å². The minimum absolute atomic E-state index is 0.986. The Bertz CT molecular complexity index is 111. The molecule has 1 unspecified atom stereocenters. The van der Waals surface area contributed by atoms with Gasteiger partial charge in [0.15, 0.2) is 0 Å². The van der Waals surface area contributed by atoms with E-state index >= 15 is 0 Å². The van der Waals surface area contributed by atoms with Crippen molar-refractivity contribution in [2.75, 3.05) is 6.54 Å². The Morgan fingerprint density at radius 3 is 2.78 bits per heavy atom. The summed E-state index contributed by atoms with van der Waals surface area (Å²) in [4.78, 5) is 2.66. The van der Waals surface area contributed by atoms with Crippen LogP contribution in [0.15, 0.2) is 0 Å². The Balaban J connectivity index is 1.84. The third kappa shape index (κ3) is 0.877. The van der Waals surface area contributed by atoms with Gasteiger partial charge in [0.05, 0.1) is 0 Å². The molecule has 2 aliphatic heterocycles. The second kappa shape index (κ2) is 1.98. The van der Waals surface area contributed by atoms with Crippen LogP contribution in [0.25, 0.3) is 0 Å². The van der Waals surface area contributed by atoms with E-state index in [4.69, 9.17) is 0 Å². The highest BCUT2D eigenvalue weighted by atomic mass is 15.3. The van der Waals surface area contributed by atoms with Crippen LogP contribution in [0.1, 0.15) is 32.6 Å². The van der Waals surface area contributed by atoms with Gasteiger partial charge in [0.1, 0.15) is 0 Å². The summed E-state index contributed by atoms with van der Waals surface area (Å²) in [6.45, 7) is 3.71. The third-order valence-corrected chi connectivity index (χ3v) is 2.68. The molecule has 2 fully saturated rings. The minimum atomic E-state index is 0.986. The molecule has 2 saturated heterocycles. The summed E-state index contributed by atoms with van der Waals surface area (Å²) < 4.78 is 0. The molecule has 9 heavy (non-hydrogen) atoms. The molecule has 0 bridgehead atoms. The molecule has 1 nitrogen and oxygen atoms in total. The van der Waals surface area contributed by atoms with Gasteiger partial charge < -0.3 is 0 Å². The number of hydrogen-bond acceptors (Lipinski definition) is 1. The first-order valence-electron chi connectivity index (χ1n) is 4.17. The van der Waals surface area contributed by atoms with Gasteiger partial charge in [-0.3, -0.25) is 4.90 Å². The van der Waals surface area contributed by atoms with Crippen molar-refractivity contribution in [3.8, 4) is 0 Å². The van der Waals surface area contributed by atoms with Crippen molar-refractivity contribution in [3.63, 3.8) is 0 Å². The van der Waals surface area contributed by atoms with Crippen LogP contribution >= 0.6 is 0 Å². The zero-order valence-corrected chi connectivity index (χ0v) is 6.14. The molecule has 0 saturated carbocycles. The summed E-state index contributed by atoms with van der Waals surface area (Å²) >= 11 is 0. The van der Waals surface area contributed by atoms with E-state index in [1.54, 1.807) is 0 Å². The highest BCUT2D eigenvalue weighted by Gasteiger charge is 2.44. The Kier molecular flexibility index (Phi) is 1.26. The standard InChI is InChI=1S/C8H15N/c1-2-3-7-4-5-8-6-9(7)8/h7-8H,2-6H2,1H3/t7-,8+,9?/m0/s1. The molecule has 0 spiro atoms. The zero-order valence-electron chi connectivity index (χ0n) is 6.14. The smallest absolute Gasteiger partial charge is 0.0227 e. The largest absolute Gasteiger partial charge is 0.295 e. The fourth-order valence-corrected chi connectivity index (χ4v) is 2.09. The summed E-state index contributed by atoms with van der Waals surface area (Å²) in [5, 5.41) is 0. The first-order chi connectivity index (χ1) is 4.42. The van der Waals surface area contributed by atoms with Crippen molar-refractivity contribution in [2.24, 2.45) is 0 Å². The molecule has 2 rings (SSSR count). The molecule has 0 aromatic rings. The van der Waals surface area contributed by atoms with Gasteiger partial charge in [-0.05, 0) is 19.3 Å². The Labute approximate surface area is 57.0 Å². The topological polar surface area (TPSA) is 3.01 Å². The van der Waals surface area contributed by atoms with E-state index in [-0.39, 0.29) is 0 Å². The van der Waals surface area contributed by atoms with Gasteiger partial charge in [-0.25, -0.2) is 0 Å². The molecule has 0 aromatic heterocycles. The van der Waals surface area contributed by atoms with Gasteiger partial charge in [-0.2, -0.15) is 0 Å². The van der Waals surface area contributed by atoms with Gasteiger partial charge >= 0.3 is 0 Å². The highest BCUT2D eigenvalue weighted by Crippen LogP contribution is 2.37. The average molecular weight is 125 g/mol. The van der Waals surface area contributed by atoms with Crippen LogP contribution in [-0.4, -0.2) is 23.5 Å². The van der Waals surface area contributed by atoms with Crippen molar-refractivity contribution in [3.05, 3.63) is 0 Å². The van der Waals surface area contributed by atoms with Crippen LogP contribution in [0, 0.1) is 0 Å². The van der Waals surface area contributed by atoms with Gasteiger partial charge in [0.25, 0.3) is 0 Å². The lowest BCUT2D eigenvalue weighted by Crippen LogP contribution is -2.13. The SMILES string of the molecule is CCC[C@H]1CC[C@@H]2CN12. The summed E-state index contributed by atoms with van der Waals surface area (Å²) in [5.74, 6) is 0. The average Bonchev–Trinajstić information content (AvgIpc) is 2.54. The summed E-state index contributed by atoms with van der Waals surface area (Å²) in [5.41, 5.74) is 0. The van der Waals surface area contributed by atoms with E-state index in [9.17, 15) is 0 Å². The van der Waals surface area contributed by atoms with E-state index in [0.29, 0.717) is 0 Å². The van der Waals surface area contributed by atoms with E-state index in [0.717, 1.165) is 12.1 Å². The number of piperidine rings is 1. The van der Waals surface area contributed by atoms with Crippen molar-refractivity contribution in [1.29, 1.82) is 0 Å². The first-order valence-corrected chi connectivity index (χ1v) is 4.17. The van der Waals surface area contributed by atoms with Crippen molar-refractivity contribution in [2.45, 2.75) is 44.7 Å². The van der Waals surface area contributed by atoms with E-state index in [2.05, 4.69) is 11.8 Å². The highest BCUT2D eigenvalue weighted by molar-refractivity contribution is 5.00. The molecule has 1 heteroatoms. The zero-order chi connectivity index (χ0) is 6.27. The quantitative estimate of drug-likeness (QED) is 0.507. The van der Waals surface area contributed by atoms with E-state index in [1.165, 1.54) is 32.2 Å². The van der Waals surface area contributed by atoms with Crippen LogP contribution in [0.2, 0.25) is 0 Å². The van der Waals surface area contributed by atoms with Gasteiger partial charge in [-0.1, -0.05) is 13.3 Å². The predicted octanol–water partition coefficient (Wildman–Crippen LogP) is 1.63. The van der Waals surface area contributed by atoms with Crippen molar-refractivity contribution < 1.29 is 0 Å². The molecule has 0 radical (unpaired) electrons. The number of nitrogens with zero attached hydrogens (tertiary/aromatic N) is 1. The molecule has 0 N–H and O–H groups in total. The first kappa shape index (κ1) is 5.72. The third-order valence-electron chi connectivity index (χ3n) is 2.68. The maximum absolute atomic E-state index is 2.66. The monoisotopic (exact) mass is 125 g/mol. The number of rotatable bonds is 2. The predicted molar refractivity (Wildman–Crippen MR) is 38.4 cm³/mol. The van der Waals surface area contributed by atoms with Gasteiger partial charge in [0, 0.05) is 18.6 Å². The summed E-state index contributed by atoms with van der Waals surface area (Å²) in [7, 11) is 0. The molecule has 52 valence electrons. The summed E-state index contributed by atoms with van der Waals surface area (Å²) in [6.07, 6.45) is 5.79. The molecule has 0 aliphatic carbocycles. The van der Waals surface area contributed by atoms with Crippen LogP contribution in [0.5, 0.6) is 0 Å². The summed E-state index contributed by atoms with van der Waals surface area (Å²) in [6, 6.07) is 2.02. The maximum Gasteiger partial charge on any atom is 0.0227 e. The van der Waals surface area contributed by atoms with Crippen LogP contribution in [0.3, 0.4) is 0 Å². The minimum Gasteiger partial charge on any atom is -0.295 e. The molecular weight excluding hydrogens is 110 g/mol.